The van der Waals surface area contributed by atoms with Crippen molar-refractivity contribution in [1.29, 1.82) is 0 Å². The summed E-state index contributed by atoms with van der Waals surface area (Å²) in [7, 11) is 0. The van der Waals surface area contributed by atoms with Crippen molar-refractivity contribution in [1.82, 2.24) is 4.90 Å². The van der Waals surface area contributed by atoms with E-state index in [9.17, 15) is 18.0 Å². The fourth-order valence-electron chi connectivity index (χ4n) is 2.40. The molecule has 2 rings (SSSR count). The Balaban J connectivity index is 1.92. The zero-order chi connectivity index (χ0) is 14.6. The van der Waals surface area contributed by atoms with E-state index in [2.05, 4.69) is 9.64 Å². The van der Waals surface area contributed by atoms with Gasteiger partial charge in [0.2, 0.25) is 0 Å². The SMILES string of the molecule is O=CC1CCCN(Cc2ccc(OC(F)(F)F)cc2)C1. The number of ether oxygens (including phenoxy) is 1. The Bertz CT molecular complexity index is 445. The molecule has 20 heavy (non-hydrogen) atoms. The molecule has 1 atom stereocenters. The van der Waals surface area contributed by atoms with E-state index in [0.29, 0.717) is 13.1 Å². The van der Waals surface area contributed by atoms with Crippen molar-refractivity contribution in [3.05, 3.63) is 29.8 Å². The topological polar surface area (TPSA) is 29.5 Å². The van der Waals surface area contributed by atoms with Gasteiger partial charge in [0.15, 0.2) is 0 Å². The number of likely N-dealkylation sites (tertiary alicyclic amines) is 1. The van der Waals surface area contributed by atoms with Crippen LogP contribution in [0.25, 0.3) is 0 Å². The number of hydrogen-bond acceptors (Lipinski definition) is 3. The Labute approximate surface area is 115 Å². The predicted octanol–water partition coefficient (Wildman–Crippen LogP) is 3.00. The third kappa shape index (κ3) is 4.52. The number of halogens is 3. The maximum atomic E-state index is 12.0. The van der Waals surface area contributed by atoms with Gasteiger partial charge in [-0.05, 0) is 37.1 Å². The number of carbonyl (C=O) groups is 1. The number of piperidine rings is 1. The van der Waals surface area contributed by atoms with Crippen LogP contribution in [0, 0.1) is 5.92 Å². The minimum atomic E-state index is -4.66. The molecule has 1 fully saturated rings. The molecule has 1 aliphatic rings. The highest BCUT2D eigenvalue weighted by atomic mass is 19.4. The minimum absolute atomic E-state index is 0.0663. The molecule has 0 aliphatic carbocycles. The molecule has 0 saturated carbocycles. The Kier molecular flexibility index (Phi) is 4.65. The van der Waals surface area contributed by atoms with Gasteiger partial charge < -0.3 is 9.53 Å². The molecule has 0 aromatic heterocycles. The molecule has 1 heterocycles. The van der Waals surface area contributed by atoms with Gasteiger partial charge in [-0.3, -0.25) is 4.90 Å². The molecule has 0 amide bonds. The Morgan fingerprint density at radius 1 is 1.30 bits per heavy atom. The summed E-state index contributed by atoms with van der Waals surface area (Å²) in [5.41, 5.74) is 0.908. The first-order valence-electron chi connectivity index (χ1n) is 6.48. The lowest BCUT2D eigenvalue weighted by molar-refractivity contribution is -0.274. The lowest BCUT2D eigenvalue weighted by atomic mass is 9.99. The Morgan fingerprint density at radius 2 is 2.00 bits per heavy atom. The van der Waals surface area contributed by atoms with Gasteiger partial charge in [-0.25, -0.2) is 0 Å². The highest BCUT2D eigenvalue weighted by molar-refractivity contribution is 5.53. The van der Waals surface area contributed by atoms with Gasteiger partial charge >= 0.3 is 6.36 Å². The second-order valence-electron chi connectivity index (χ2n) is 4.97. The van der Waals surface area contributed by atoms with E-state index >= 15 is 0 Å². The standard InChI is InChI=1S/C14H16F3NO2/c15-14(16,17)20-13-5-3-11(4-6-13)8-18-7-1-2-12(9-18)10-19/h3-6,10,12H,1-2,7-9H2. The van der Waals surface area contributed by atoms with Crippen LogP contribution in [0.1, 0.15) is 18.4 Å². The molecule has 3 nitrogen and oxygen atoms in total. The molecule has 0 radical (unpaired) electrons. The summed E-state index contributed by atoms with van der Waals surface area (Å²) in [6.07, 6.45) is -1.80. The smallest absolute Gasteiger partial charge is 0.406 e. The predicted molar refractivity (Wildman–Crippen MR) is 67.2 cm³/mol. The fraction of sp³-hybridized carbons (Fsp3) is 0.500. The van der Waals surface area contributed by atoms with Crippen LogP contribution in [-0.4, -0.2) is 30.6 Å². The van der Waals surface area contributed by atoms with Gasteiger partial charge in [-0.15, -0.1) is 13.2 Å². The number of aldehydes is 1. The zero-order valence-electron chi connectivity index (χ0n) is 10.9. The molecular formula is C14H16F3NO2. The molecule has 6 heteroatoms. The van der Waals surface area contributed by atoms with Crippen LogP contribution in [0.2, 0.25) is 0 Å². The largest absolute Gasteiger partial charge is 0.573 e. The summed E-state index contributed by atoms with van der Waals surface area (Å²) < 4.78 is 39.9. The van der Waals surface area contributed by atoms with E-state index in [1.54, 1.807) is 12.1 Å². The van der Waals surface area contributed by atoms with Crippen molar-refractivity contribution in [2.45, 2.75) is 25.7 Å². The number of alkyl halides is 3. The van der Waals surface area contributed by atoms with Crippen molar-refractivity contribution in [2.24, 2.45) is 5.92 Å². The van der Waals surface area contributed by atoms with Gasteiger partial charge in [0, 0.05) is 19.0 Å². The lowest BCUT2D eigenvalue weighted by Crippen LogP contribution is -2.35. The van der Waals surface area contributed by atoms with Gasteiger partial charge in [0.25, 0.3) is 0 Å². The van der Waals surface area contributed by atoms with Crippen LogP contribution in [0.4, 0.5) is 13.2 Å². The van der Waals surface area contributed by atoms with Gasteiger partial charge in [0.1, 0.15) is 12.0 Å². The number of benzene rings is 1. The number of carbonyl (C=O) groups excluding carboxylic acids is 1. The van der Waals surface area contributed by atoms with E-state index in [1.807, 2.05) is 0 Å². The average Bonchev–Trinajstić information content (AvgIpc) is 2.40. The summed E-state index contributed by atoms with van der Waals surface area (Å²) in [6.45, 7) is 2.26. The first-order valence-corrected chi connectivity index (χ1v) is 6.48. The van der Waals surface area contributed by atoms with Crippen LogP contribution in [0.3, 0.4) is 0 Å². The Morgan fingerprint density at radius 3 is 2.60 bits per heavy atom. The second-order valence-corrected chi connectivity index (χ2v) is 4.97. The van der Waals surface area contributed by atoms with Crippen molar-refractivity contribution < 1.29 is 22.7 Å². The van der Waals surface area contributed by atoms with Crippen LogP contribution in [0.15, 0.2) is 24.3 Å². The fourth-order valence-corrected chi connectivity index (χ4v) is 2.40. The third-order valence-corrected chi connectivity index (χ3v) is 3.30. The van der Waals surface area contributed by atoms with Crippen LogP contribution < -0.4 is 4.74 Å². The molecule has 1 aromatic rings. The average molecular weight is 287 g/mol. The van der Waals surface area contributed by atoms with Crippen LogP contribution in [-0.2, 0) is 11.3 Å². The molecule has 1 aliphatic heterocycles. The second kappa shape index (κ2) is 6.26. The number of hydrogen-bond donors (Lipinski definition) is 0. The van der Waals surface area contributed by atoms with E-state index < -0.39 is 6.36 Å². The molecule has 1 saturated heterocycles. The summed E-state index contributed by atoms with van der Waals surface area (Å²) >= 11 is 0. The van der Waals surface area contributed by atoms with Crippen molar-refractivity contribution in [3.63, 3.8) is 0 Å². The van der Waals surface area contributed by atoms with E-state index in [-0.39, 0.29) is 11.7 Å². The molecule has 0 spiro atoms. The normalized spacial score (nSPS) is 20.6. The monoisotopic (exact) mass is 287 g/mol. The van der Waals surface area contributed by atoms with E-state index in [4.69, 9.17) is 0 Å². The molecule has 110 valence electrons. The molecular weight excluding hydrogens is 271 g/mol. The highest BCUT2D eigenvalue weighted by Crippen LogP contribution is 2.23. The van der Waals surface area contributed by atoms with Crippen molar-refractivity contribution >= 4 is 6.29 Å². The molecule has 1 aromatic carbocycles. The summed E-state index contributed by atoms with van der Waals surface area (Å²) in [6, 6.07) is 5.85. The molecule has 1 unspecified atom stereocenters. The molecule has 0 N–H and O–H groups in total. The summed E-state index contributed by atoms with van der Waals surface area (Å²) in [4.78, 5) is 12.9. The minimum Gasteiger partial charge on any atom is -0.406 e. The van der Waals surface area contributed by atoms with Crippen LogP contribution in [0.5, 0.6) is 5.75 Å². The summed E-state index contributed by atoms with van der Waals surface area (Å²) in [5, 5.41) is 0. The first-order chi connectivity index (χ1) is 9.46. The van der Waals surface area contributed by atoms with Crippen molar-refractivity contribution in [3.8, 4) is 5.75 Å². The molecule has 0 bridgehead atoms. The maximum Gasteiger partial charge on any atom is 0.573 e. The quantitative estimate of drug-likeness (QED) is 0.797. The van der Waals surface area contributed by atoms with Gasteiger partial charge in [0.05, 0.1) is 0 Å². The van der Waals surface area contributed by atoms with E-state index in [1.165, 1.54) is 12.1 Å². The van der Waals surface area contributed by atoms with Gasteiger partial charge in [-0.1, -0.05) is 12.1 Å². The highest BCUT2D eigenvalue weighted by Gasteiger charge is 2.31. The van der Waals surface area contributed by atoms with Crippen molar-refractivity contribution in [2.75, 3.05) is 13.1 Å². The first kappa shape index (κ1) is 14.8. The third-order valence-electron chi connectivity index (χ3n) is 3.30. The number of nitrogens with zero attached hydrogens (tertiary/aromatic N) is 1. The number of rotatable bonds is 4. The van der Waals surface area contributed by atoms with Crippen LogP contribution >= 0.6 is 0 Å². The summed E-state index contributed by atoms with van der Waals surface area (Å²) in [5.74, 6) is -0.151. The Hall–Kier alpha value is -1.56. The lowest BCUT2D eigenvalue weighted by Gasteiger charge is -2.30. The zero-order valence-corrected chi connectivity index (χ0v) is 10.9. The van der Waals surface area contributed by atoms with Gasteiger partial charge in [-0.2, -0.15) is 0 Å². The van der Waals surface area contributed by atoms with E-state index in [0.717, 1.165) is 31.2 Å². The maximum absolute atomic E-state index is 12.0.